The van der Waals surface area contributed by atoms with Crippen LogP contribution in [-0.4, -0.2) is 12.1 Å². The van der Waals surface area contributed by atoms with Gasteiger partial charge in [0.15, 0.2) is 5.43 Å². The Balaban J connectivity index is 2.78. The summed E-state index contributed by atoms with van der Waals surface area (Å²) in [5.74, 6) is 0.606. The van der Waals surface area contributed by atoms with Gasteiger partial charge in [-0.15, -0.1) is 0 Å². The molecule has 0 spiro atoms. The van der Waals surface area contributed by atoms with Crippen LogP contribution in [0.4, 0.5) is 0 Å². The third kappa shape index (κ3) is 1.63. The molecular weight excluding hydrogens is 204 g/mol. The van der Waals surface area contributed by atoms with Crippen molar-refractivity contribution in [1.82, 2.24) is 4.98 Å². The molecule has 1 aromatic carbocycles. The van der Waals surface area contributed by atoms with E-state index in [4.69, 9.17) is 10.00 Å². The van der Waals surface area contributed by atoms with Crippen LogP contribution in [0, 0.1) is 11.3 Å². The molecule has 0 radical (unpaired) electrons. The SMILES string of the molecule is COc1cccc2c(=O)cc(CC#N)[nH]c12. The highest BCUT2D eigenvalue weighted by Crippen LogP contribution is 2.21. The third-order valence-electron chi connectivity index (χ3n) is 2.37. The van der Waals surface area contributed by atoms with Gasteiger partial charge in [0.1, 0.15) is 5.75 Å². The Bertz CT molecular complexity index is 623. The van der Waals surface area contributed by atoms with Gasteiger partial charge in [0.05, 0.1) is 25.1 Å². The number of para-hydroxylation sites is 1. The van der Waals surface area contributed by atoms with Gasteiger partial charge in [-0.1, -0.05) is 6.07 Å². The van der Waals surface area contributed by atoms with Crippen LogP contribution < -0.4 is 10.2 Å². The van der Waals surface area contributed by atoms with E-state index in [0.717, 1.165) is 0 Å². The number of ether oxygens (including phenoxy) is 1. The van der Waals surface area contributed by atoms with Crippen LogP contribution in [-0.2, 0) is 6.42 Å². The first-order chi connectivity index (χ1) is 7.76. The number of hydrogen-bond acceptors (Lipinski definition) is 3. The Morgan fingerprint density at radius 3 is 3.00 bits per heavy atom. The number of pyridine rings is 1. The highest BCUT2D eigenvalue weighted by atomic mass is 16.5. The predicted octanol–water partition coefficient (Wildman–Crippen LogP) is 1.60. The molecule has 4 heteroatoms. The number of nitrogens with one attached hydrogen (secondary N) is 1. The Labute approximate surface area is 92.1 Å². The van der Waals surface area contributed by atoms with Gasteiger partial charge in [-0.3, -0.25) is 4.79 Å². The van der Waals surface area contributed by atoms with E-state index in [1.165, 1.54) is 6.07 Å². The Hall–Kier alpha value is -2.28. The Morgan fingerprint density at radius 1 is 1.50 bits per heavy atom. The van der Waals surface area contributed by atoms with E-state index in [2.05, 4.69) is 4.98 Å². The van der Waals surface area contributed by atoms with Crippen LogP contribution in [0.25, 0.3) is 10.9 Å². The summed E-state index contributed by atoms with van der Waals surface area (Å²) in [5.41, 5.74) is 1.14. The summed E-state index contributed by atoms with van der Waals surface area (Å²) >= 11 is 0. The van der Waals surface area contributed by atoms with E-state index < -0.39 is 0 Å². The Morgan fingerprint density at radius 2 is 2.31 bits per heavy atom. The smallest absolute Gasteiger partial charge is 0.189 e. The normalized spacial score (nSPS) is 10.0. The molecule has 80 valence electrons. The highest BCUT2D eigenvalue weighted by molar-refractivity contribution is 5.84. The summed E-state index contributed by atoms with van der Waals surface area (Å²) in [6, 6.07) is 8.72. The van der Waals surface area contributed by atoms with Gasteiger partial charge in [-0.05, 0) is 12.1 Å². The van der Waals surface area contributed by atoms with E-state index in [9.17, 15) is 4.79 Å². The van der Waals surface area contributed by atoms with Crippen molar-refractivity contribution in [1.29, 1.82) is 5.26 Å². The molecule has 1 heterocycles. The summed E-state index contributed by atoms with van der Waals surface area (Å²) in [6.45, 7) is 0. The maximum Gasteiger partial charge on any atom is 0.189 e. The first-order valence-corrected chi connectivity index (χ1v) is 4.82. The molecule has 0 amide bonds. The molecular formula is C12H10N2O2. The van der Waals surface area contributed by atoms with E-state index in [1.54, 1.807) is 25.3 Å². The summed E-state index contributed by atoms with van der Waals surface area (Å²) in [7, 11) is 1.55. The number of rotatable bonds is 2. The number of H-pyrrole nitrogens is 1. The predicted molar refractivity (Wildman–Crippen MR) is 60.4 cm³/mol. The maximum atomic E-state index is 11.8. The summed E-state index contributed by atoms with van der Waals surface area (Å²) in [6.07, 6.45) is 0.184. The van der Waals surface area contributed by atoms with Crippen molar-refractivity contribution in [3.63, 3.8) is 0 Å². The molecule has 0 saturated carbocycles. The first kappa shape index (κ1) is 10.2. The molecule has 1 N–H and O–H groups in total. The number of nitrogens with zero attached hydrogens (tertiary/aromatic N) is 1. The second kappa shape index (κ2) is 4.07. The average molecular weight is 214 g/mol. The van der Waals surface area contributed by atoms with Crippen LogP contribution in [0.3, 0.4) is 0 Å². The molecule has 0 saturated heterocycles. The van der Waals surface area contributed by atoms with Gasteiger partial charge in [0, 0.05) is 17.1 Å². The summed E-state index contributed by atoms with van der Waals surface area (Å²) in [4.78, 5) is 14.8. The maximum absolute atomic E-state index is 11.8. The lowest BCUT2D eigenvalue weighted by atomic mass is 10.1. The van der Waals surface area contributed by atoms with Crippen molar-refractivity contribution in [3.05, 3.63) is 40.2 Å². The minimum atomic E-state index is -0.0992. The molecule has 0 atom stereocenters. The van der Waals surface area contributed by atoms with Crippen molar-refractivity contribution < 1.29 is 4.74 Å². The van der Waals surface area contributed by atoms with Gasteiger partial charge in [0.2, 0.25) is 0 Å². The lowest BCUT2D eigenvalue weighted by Gasteiger charge is -2.06. The number of hydrogen-bond donors (Lipinski definition) is 1. The van der Waals surface area contributed by atoms with E-state index in [-0.39, 0.29) is 11.8 Å². The van der Waals surface area contributed by atoms with Gasteiger partial charge >= 0.3 is 0 Å². The van der Waals surface area contributed by atoms with Crippen molar-refractivity contribution in [2.24, 2.45) is 0 Å². The van der Waals surface area contributed by atoms with Crippen molar-refractivity contribution in [2.75, 3.05) is 7.11 Å². The fourth-order valence-electron chi connectivity index (χ4n) is 1.65. The van der Waals surface area contributed by atoms with E-state index in [1.807, 2.05) is 6.07 Å². The molecule has 4 nitrogen and oxygen atoms in total. The zero-order chi connectivity index (χ0) is 11.5. The molecule has 2 rings (SSSR count). The average Bonchev–Trinajstić information content (AvgIpc) is 2.29. The van der Waals surface area contributed by atoms with Crippen molar-refractivity contribution in [3.8, 4) is 11.8 Å². The van der Waals surface area contributed by atoms with Crippen LogP contribution in [0.15, 0.2) is 29.1 Å². The van der Waals surface area contributed by atoms with Crippen LogP contribution in [0.5, 0.6) is 5.75 Å². The summed E-state index contributed by atoms with van der Waals surface area (Å²) < 4.78 is 5.16. The second-order valence-electron chi connectivity index (χ2n) is 3.38. The van der Waals surface area contributed by atoms with Gasteiger partial charge in [-0.2, -0.15) is 5.26 Å². The largest absolute Gasteiger partial charge is 0.495 e. The van der Waals surface area contributed by atoms with Crippen molar-refractivity contribution >= 4 is 10.9 Å². The third-order valence-corrected chi connectivity index (χ3v) is 2.37. The number of fused-ring (bicyclic) bond motifs is 1. The molecule has 0 aliphatic rings. The topological polar surface area (TPSA) is 65.9 Å². The van der Waals surface area contributed by atoms with Crippen LogP contribution >= 0.6 is 0 Å². The molecule has 1 aromatic heterocycles. The number of benzene rings is 1. The van der Waals surface area contributed by atoms with Crippen molar-refractivity contribution in [2.45, 2.75) is 6.42 Å². The number of aromatic amines is 1. The van der Waals surface area contributed by atoms with Gasteiger partial charge in [-0.25, -0.2) is 0 Å². The molecule has 2 aromatic rings. The number of methoxy groups -OCH3 is 1. The van der Waals surface area contributed by atoms with Gasteiger partial charge < -0.3 is 9.72 Å². The molecule has 0 unspecified atom stereocenters. The standard InChI is InChI=1S/C12H10N2O2/c1-16-11-4-2-3-9-10(15)7-8(5-6-13)14-12(9)11/h2-4,7H,5H2,1H3,(H,14,15). The number of aromatic nitrogens is 1. The fraction of sp³-hybridized carbons (Fsp3) is 0.167. The Kier molecular flexibility index (Phi) is 2.61. The van der Waals surface area contributed by atoms with Crippen LogP contribution in [0.1, 0.15) is 5.69 Å². The number of nitriles is 1. The molecule has 0 fully saturated rings. The molecule has 0 bridgehead atoms. The first-order valence-electron chi connectivity index (χ1n) is 4.82. The lowest BCUT2D eigenvalue weighted by molar-refractivity contribution is 0.419. The second-order valence-corrected chi connectivity index (χ2v) is 3.38. The summed E-state index contributed by atoms with van der Waals surface area (Å²) in [5, 5.41) is 9.18. The molecule has 0 aliphatic heterocycles. The van der Waals surface area contributed by atoms with Crippen LogP contribution in [0.2, 0.25) is 0 Å². The van der Waals surface area contributed by atoms with Gasteiger partial charge in [0.25, 0.3) is 0 Å². The fourth-order valence-corrected chi connectivity index (χ4v) is 1.65. The lowest BCUT2D eigenvalue weighted by Crippen LogP contribution is -2.05. The highest BCUT2D eigenvalue weighted by Gasteiger charge is 2.06. The minimum Gasteiger partial charge on any atom is -0.495 e. The quantitative estimate of drug-likeness (QED) is 0.825. The monoisotopic (exact) mass is 214 g/mol. The molecule has 0 aliphatic carbocycles. The van der Waals surface area contributed by atoms with E-state index >= 15 is 0 Å². The minimum absolute atomic E-state index is 0.0992. The zero-order valence-corrected chi connectivity index (χ0v) is 8.78. The zero-order valence-electron chi connectivity index (χ0n) is 8.78. The van der Waals surface area contributed by atoms with E-state index in [0.29, 0.717) is 22.3 Å². The molecule has 16 heavy (non-hydrogen) atoms.